The molecule has 0 atom stereocenters. The molecule has 0 unspecified atom stereocenters. The number of hydrogen-bond acceptors (Lipinski definition) is 5. The third-order valence-electron chi connectivity index (χ3n) is 3.01. The molecule has 1 heterocycles. The predicted molar refractivity (Wildman–Crippen MR) is 76.4 cm³/mol. The maximum absolute atomic E-state index is 10.9. The maximum atomic E-state index is 10.9. The molecule has 2 rings (SSSR count). The monoisotopic (exact) mass is 287 g/mol. The van der Waals surface area contributed by atoms with Crippen molar-refractivity contribution < 1.29 is 14.6 Å². The van der Waals surface area contributed by atoms with Crippen LogP contribution in [-0.4, -0.2) is 26.3 Å². The van der Waals surface area contributed by atoms with E-state index in [2.05, 4.69) is 15.2 Å². The Bertz CT molecular complexity index is 644. The van der Waals surface area contributed by atoms with Gasteiger partial charge >= 0.3 is 12.0 Å². The molecule has 6 nitrogen and oxygen atoms in total. The minimum absolute atomic E-state index is 0.114. The minimum atomic E-state index is -0.916. The number of para-hydroxylation sites is 1. The SMILES string of the molecule is CCc1nnc(Oc2ccccc2CC(=O)O)nc1CC. The lowest BCUT2D eigenvalue weighted by Gasteiger charge is -2.09. The number of aliphatic carboxylic acids is 1. The molecule has 0 spiro atoms. The summed E-state index contributed by atoms with van der Waals surface area (Å²) in [6, 6.07) is 7.08. The number of carboxylic acids is 1. The van der Waals surface area contributed by atoms with Crippen LogP contribution < -0.4 is 4.74 Å². The van der Waals surface area contributed by atoms with Gasteiger partial charge in [0.15, 0.2) is 0 Å². The number of ether oxygens (including phenoxy) is 1. The molecule has 0 saturated carbocycles. The van der Waals surface area contributed by atoms with Crippen molar-refractivity contribution in [1.82, 2.24) is 15.2 Å². The van der Waals surface area contributed by atoms with Crippen LogP contribution in [0.2, 0.25) is 0 Å². The van der Waals surface area contributed by atoms with Crippen LogP contribution >= 0.6 is 0 Å². The fraction of sp³-hybridized carbons (Fsp3) is 0.333. The van der Waals surface area contributed by atoms with Crippen molar-refractivity contribution in [2.75, 3.05) is 0 Å². The van der Waals surface area contributed by atoms with E-state index in [0.717, 1.165) is 24.2 Å². The van der Waals surface area contributed by atoms with Gasteiger partial charge in [0.25, 0.3) is 0 Å². The van der Waals surface area contributed by atoms with Crippen molar-refractivity contribution in [2.24, 2.45) is 0 Å². The molecular formula is C15H17N3O3. The number of carbonyl (C=O) groups is 1. The average Bonchev–Trinajstić information content (AvgIpc) is 2.48. The number of aromatic nitrogens is 3. The summed E-state index contributed by atoms with van der Waals surface area (Å²) in [5, 5.41) is 17.0. The Morgan fingerprint density at radius 2 is 1.86 bits per heavy atom. The highest BCUT2D eigenvalue weighted by Gasteiger charge is 2.12. The normalized spacial score (nSPS) is 10.4. The van der Waals surface area contributed by atoms with E-state index in [9.17, 15) is 4.79 Å². The first kappa shape index (κ1) is 14.9. The lowest BCUT2D eigenvalue weighted by Crippen LogP contribution is -2.06. The zero-order valence-corrected chi connectivity index (χ0v) is 12.0. The first-order valence-electron chi connectivity index (χ1n) is 6.84. The third kappa shape index (κ3) is 3.75. The highest BCUT2D eigenvalue weighted by Crippen LogP contribution is 2.23. The molecule has 1 aromatic carbocycles. The standard InChI is InChI=1S/C15H17N3O3/c1-3-11-12(4-2)17-18-15(16-11)21-13-8-6-5-7-10(13)9-14(19)20/h5-8H,3-4,9H2,1-2H3,(H,19,20). The third-order valence-corrected chi connectivity index (χ3v) is 3.01. The van der Waals surface area contributed by atoms with Gasteiger partial charge in [0.05, 0.1) is 17.8 Å². The molecule has 6 heteroatoms. The van der Waals surface area contributed by atoms with Gasteiger partial charge in [-0.05, 0) is 18.9 Å². The molecule has 21 heavy (non-hydrogen) atoms. The first-order chi connectivity index (χ1) is 10.1. The second kappa shape index (κ2) is 6.78. The number of carboxylic acid groups (broad SMARTS) is 1. The van der Waals surface area contributed by atoms with Crippen molar-refractivity contribution in [3.8, 4) is 11.8 Å². The summed E-state index contributed by atoms with van der Waals surface area (Å²) in [7, 11) is 0. The Morgan fingerprint density at radius 3 is 2.52 bits per heavy atom. The van der Waals surface area contributed by atoms with E-state index in [1.54, 1.807) is 24.3 Å². The van der Waals surface area contributed by atoms with Crippen molar-refractivity contribution in [3.05, 3.63) is 41.2 Å². The number of hydrogen-bond donors (Lipinski definition) is 1. The van der Waals surface area contributed by atoms with Gasteiger partial charge in [-0.2, -0.15) is 4.98 Å². The summed E-state index contributed by atoms with van der Waals surface area (Å²) in [6.07, 6.45) is 1.39. The molecular weight excluding hydrogens is 270 g/mol. The first-order valence-corrected chi connectivity index (χ1v) is 6.84. The second-order valence-electron chi connectivity index (χ2n) is 4.48. The van der Waals surface area contributed by atoms with Gasteiger partial charge in [-0.15, -0.1) is 5.10 Å². The van der Waals surface area contributed by atoms with Crippen LogP contribution in [0.4, 0.5) is 0 Å². The molecule has 0 saturated heterocycles. The van der Waals surface area contributed by atoms with Gasteiger partial charge in [0, 0.05) is 5.56 Å². The molecule has 2 aromatic rings. The molecule has 0 radical (unpaired) electrons. The van der Waals surface area contributed by atoms with E-state index in [0.29, 0.717) is 11.3 Å². The summed E-state index contributed by atoms with van der Waals surface area (Å²) >= 11 is 0. The summed E-state index contributed by atoms with van der Waals surface area (Å²) in [5.41, 5.74) is 2.27. The lowest BCUT2D eigenvalue weighted by atomic mass is 10.1. The fourth-order valence-corrected chi connectivity index (χ4v) is 1.98. The zero-order chi connectivity index (χ0) is 15.2. The molecule has 0 bridgehead atoms. The van der Waals surface area contributed by atoms with Crippen LogP contribution in [0, 0.1) is 0 Å². The van der Waals surface area contributed by atoms with E-state index in [4.69, 9.17) is 9.84 Å². The highest BCUT2D eigenvalue weighted by molar-refractivity contribution is 5.71. The smallest absolute Gasteiger partial charge is 0.341 e. The molecule has 110 valence electrons. The van der Waals surface area contributed by atoms with Crippen LogP contribution in [0.1, 0.15) is 30.8 Å². The van der Waals surface area contributed by atoms with Crippen molar-refractivity contribution in [1.29, 1.82) is 0 Å². The molecule has 0 fully saturated rings. The van der Waals surface area contributed by atoms with Gasteiger partial charge in [-0.3, -0.25) is 4.79 Å². The highest BCUT2D eigenvalue weighted by atomic mass is 16.5. The maximum Gasteiger partial charge on any atom is 0.341 e. The second-order valence-corrected chi connectivity index (χ2v) is 4.48. The Morgan fingerprint density at radius 1 is 1.14 bits per heavy atom. The van der Waals surface area contributed by atoms with Crippen LogP contribution in [0.15, 0.2) is 24.3 Å². The summed E-state index contributed by atoms with van der Waals surface area (Å²) in [4.78, 5) is 15.2. The van der Waals surface area contributed by atoms with Gasteiger partial charge in [-0.25, -0.2) is 0 Å². The van der Waals surface area contributed by atoms with E-state index in [1.807, 2.05) is 13.8 Å². The van der Waals surface area contributed by atoms with Crippen molar-refractivity contribution >= 4 is 5.97 Å². The van der Waals surface area contributed by atoms with Gasteiger partial charge in [0.1, 0.15) is 5.75 Å². The van der Waals surface area contributed by atoms with Crippen LogP contribution in [0.3, 0.4) is 0 Å². The Kier molecular flexibility index (Phi) is 4.81. The molecule has 0 aliphatic carbocycles. The van der Waals surface area contributed by atoms with Crippen LogP contribution in [0.25, 0.3) is 0 Å². The number of benzene rings is 1. The predicted octanol–water partition coefficient (Wildman–Crippen LogP) is 2.42. The molecule has 0 aliphatic rings. The minimum Gasteiger partial charge on any atom is -0.481 e. The van der Waals surface area contributed by atoms with Crippen LogP contribution in [-0.2, 0) is 24.1 Å². The zero-order valence-electron chi connectivity index (χ0n) is 12.0. The molecule has 1 aromatic heterocycles. The summed E-state index contributed by atoms with van der Waals surface area (Å²) in [6.45, 7) is 3.98. The van der Waals surface area contributed by atoms with E-state index < -0.39 is 5.97 Å². The average molecular weight is 287 g/mol. The Labute approximate surface area is 122 Å². The van der Waals surface area contributed by atoms with Gasteiger partial charge < -0.3 is 9.84 Å². The van der Waals surface area contributed by atoms with E-state index >= 15 is 0 Å². The Hall–Kier alpha value is -2.50. The molecule has 0 aliphatic heterocycles. The number of rotatable bonds is 6. The Balaban J connectivity index is 2.28. The summed E-state index contributed by atoms with van der Waals surface area (Å²) < 4.78 is 5.60. The van der Waals surface area contributed by atoms with Gasteiger partial charge in [0.2, 0.25) is 0 Å². The summed E-state index contributed by atoms with van der Waals surface area (Å²) in [5.74, 6) is -0.478. The van der Waals surface area contributed by atoms with E-state index in [1.165, 1.54) is 0 Å². The van der Waals surface area contributed by atoms with Crippen molar-refractivity contribution in [3.63, 3.8) is 0 Å². The quantitative estimate of drug-likeness (QED) is 0.878. The molecule has 0 amide bonds. The fourth-order valence-electron chi connectivity index (χ4n) is 1.98. The molecule has 1 N–H and O–H groups in total. The number of aryl methyl sites for hydroxylation is 2. The van der Waals surface area contributed by atoms with Gasteiger partial charge in [-0.1, -0.05) is 37.1 Å². The van der Waals surface area contributed by atoms with Crippen molar-refractivity contribution in [2.45, 2.75) is 33.1 Å². The van der Waals surface area contributed by atoms with E-state index in [-0.39, 0.29) is 12.4 Å². The topological polar surface area (TPSA) is 85.2 Å². The largest absolute Gasteiger partial charge is 0.481 e. The van der Waals surface area contributed by atoms with Crippen LogP contribution in [0.5, 0.6) is 11.8 Å². The number of nitrogens with zero attached hydrogens (tertiary/aromatic N) is 3. The lowest BCUT2D eigenvalue weighted by molar-refractivity contribution is -0.136.